The molecule has 1 aliphatic rings. The molecule has 0 N–H and O–H groups in total. The molecule has 2 aromatic rings. The number of hydrogen-bond donors (Lipinski definition) is 0. The second-order valence-electron chi connectivity index (χ2n) is 7.32. The van der Waals surface area contributed by atoms with Gasteiger partial charge in [0, 0.05) is 9.50 Å². The normalized spacial score (nSPS) is 17.0. The molecule has 26 heavy (non-hydrogen) atoms. The van der Waals surface area contributed by atoms with E-state index in [0.29, 0.717) is 10.0 Å². The molecule has 0 saturated heterocycles. The van der Waals surface area contributed by atoms with Gasteiger partial charge in [0.25, 0.3) is 0 Å². The third-order valence-corrected chi connectivity index (χ3v) is 5.78. The number of hydrogen-bond acceptors (Lipinski definition) is 2. The fraction of sp³-hybridized carbons (Fsp3) is 0.350. The molecule has 3 nitrogen and oxygen atoms in total. The number of rotatable bonds is 1. The van der Waals surface area contributed by atoms with Crippen LogP contribution in [0.2, 0.25) is 10.0 Å². The van der Waals surface area contributed by atoms with Crippen molar-refractivity contribution < 1.29 is 9.53 Å². The summed E-state index contributed by atoms with van der Waals surface area (Å²) in [6, 6.07) is 11.2. The summed E-state index contributed by atoms with van der Waals surface area (Å²) in [6.07, 6.45) is 1.16. The minimum Gasteiger partial charge on any atom is -0.443 e. The van der Waals surface area contributed by atoms with Crippen molar-refractivity contribution in [2.75, 3.05) is 4.90 Å². The van der Waals surface area contributed by atoms with Crippen LogP contribution in [0.4, 0.5) is 10.5 Å². The lowest BCUT2D eigenvalue weighted by atomic mass is 9.91. The van der Waals surface area contributed by atoms with Crippen LogP contribution in [-0.4, -0.2) is 11.7 Å². The van der Waals surface area contributed by atoms with Crippen LogP contribution >= 0.6 is 39.1 Å². The first-order valence-electron chi connectivity index (χ1n) is 8.42. The smallest absolute Gasteiger partial charge is 0.415 e. The molecule has 0 aromatic heterocycles. The highest BCUT2D eigenvalue weighted by Gasteiger charge is 2.36. The monoisotopic (exact) mass is 455 g/mol. The van der Waals surface area contributed by atoms with E-state index >= 15 is 0 Å². The van der Waals surface area contributed by atoms with Crippen molar-refractivity contribution in [2.45, 2.75) is 45.3 Å². The Kier molecular flexibility index (Phi) is 5.57. The summed E-state index contributed by atoms with van der Waals surface area (Å²) in [5.41, 5.74) is 2.14. The first kappa shape index (κ1) is 19.5. The van der Waals surface area contributed by atoms with E-state index in [4.69, 9.17) is 27.9 Å². The van der Waals surface area contributed by atoms with Crippen LogP contribution in [-0.2, 0) is 11.2 Å². The number of aryl methyl sites for hydroxylation is 1. The van der Waals surface area contributed by atoms with E-state index in [2.05, 4.69) is 15.9 Å². The van der Waals surface area contributed by atoms with Gasteiger partial charge < -0.3 is 4.74 Å². The zero-order valence-electron chi connectivity index (χ0n) is 14.9. The molecule has 1 unspecified atom stereocenters. The molecule has 138 valence electrons. The second kappa shape index (κ2) is 7.41. The summed E-state index contributed by atoms with van der Waals surface area (Å²) < 4.78 is 6.43. The van der Waals surface area contributed by atoms with Crippen molar-refractivity contribution in [3.05, 3.63) is 62.0 Å². The van der Waals surface area contributed by atoms with Crippen molar-refractivity contribution >= 4 is 50.9 Å². The third-order valence-electron chi connectivity index (χ3n) is 4.23. The number of ether oxygens (including phenoxy) is 1. The summed E-state index contributed by atoms with van der Waals surface area (Å²) >= 11 is 16.2. The summed E-state index contributed by atoms with van der Waals surface area (Å²) in [5.74, 6) is 0. The Morgan fingerprint density at radius 2 is 1.88 bits per heavy atom. The van der Waals surface area contributed by atoms with Crippen molar-refractivity contribution in [3.8, 4) is 0 Å². The van der Waals surface area contributed by atoms with Crippen LogP contribution in [0.15, 0.2) is 40.9 Å². The van der Waals surface area contributed by atoms with Gasteiger partial charge in [-0.2, -0.15) is 0 Å². The largest absolute Gasteiger partial charge is 0.443 e. The molecule has 0 radical (unpaired) electrons. The average molecular weight is 457 g/mol. The van der Waals surface area contributed by atoms with E-state index in [1.165, 1.54) is 0 Å². The first-order valence-corrected chi connectivity index (χ1v) is 9.97. The van der Waals surface area contributed by atoms with Gasteiger partial charge in [-0.25, -0.2) is 4.79 Å². The lowest BCUT2D eigenvalue weighted by Crippen LogP contribution is -2.42. The van der Waals surface area contributed by atoms with Crippen LogP contribution in [0, 0.1) is 0 Å². The molecule has 0 spiro atoms. The molecule has 1 heterocycles. The summed E-state index contributed by atoms with van der Waals surface area (Å²) in [4.78, 5) is 14.8. The van der Waals surface area contributed by atoms with E-state index in [-0.39, 0.29) is 6.04 Å². The van der Waals surface area contributed by atoms with Crippen molar-refractivity contribution in [2.24, 2.45) is 0 Å². The lowest BCUT2D eigenvalue weighted by molar-refractivity contribution is 0.0560. The molecule has 2 aromatic carbocycles. The van der Waals surface area contributed by atoms with Gasteiger partial charge in [0.1, 0.15) is 5.60 Å². The zero-order valence-corrected chi connectivity index (χ0v) is 18.0. The van der Waals surface area contributed by atoms with E-state index in [9.17, 15) is 4.79 Å². The number of benzene rings is 2. The standard InChI is InChI=1S/C20H20BrCl2NO2/c1-20(2,3)26-19(25)24-17(13-6-4-5-7-15(13)22)9-8-12-10-16(23)14(21)11-18(12)24/h4-7,10-11,17H,8-9H2,1-3H3. The number of carbonyl (C=O) groups is 1. The number of halogens is 3. The van der Waals surface area contributed by atoms with Crippen molar-refractivity contribution in [1.29, 1.82) is 0 Å². The molecule has 1 aliphatic heterocycles. The summed E-state index contributed by atoms with van der Waals surface area (Å²) in [7, 11) is 0. The second-order valence-corrected chi connectivity index (χ2v) is 8.99. The molecule has 6 heteroatoms. The van der Waals surface area contributed by atoms with E-state index < -0.39 is 11.7 Å². The van der Waals surface area contributed by atoms with Gasteiger partial charge in [-0.3, -0.25) is 4.90 Å². The number of amides is 1. The fourth-order valence-corrected chi connectivity index (χ4v) is 3.95. The fourth-order valence-electron chi connectivity index (χ4n) is 3.17. The average Bonchev–Trinajstić information content (AvgIpc) is 2.54. The highest BCUT2D eigenvalue weighted by Crippen LogP contribution is 2.44. The van der Waals surface area contributed by atoms with Crippen LogP contribution in [0.5, 0.6) is 0 Å². The highest BCUT2D eigenvalue weighted by molar-refractivity contribution is 9.10. The number of carbonyl (C=O) groups excluding carboxylic acids is 1. The van der Waals surface area contributed by atoms with E-state index in [1.807, 2.05) is 57.2 Å². The van der Waals surface area contributed by atoms with Gasteiger partial charge >= 0.3 is 6.09 Å². The maximum Gasteiger partial charge on any atom is 0.415 e. The van der Waals surface area contributed by atoms with Gasteiger partial charge in [-0.15, -0.1) is 0 Å². The molecule has 0 fully saturated rings. The number of nitrogens with zero attached hydrogens (tertiary/aromatic N) is 1. The maximum atomic E-state index is 13.1. The Morgan fingerprint density at radius 3 is 2.54 bits per heavy atom. The SMILES string of the molecule is CC(C)(C)OC(=O)N1c2cc(Br)c(Cl)cc2CCC1c1ccccc1Cl. The third kappa shape index (κ3) is 4.03. The van der Waals surface area contributed by atoms with E-state index in [1.54, 1.807) is 4.90 Å². The number of anilines is 1. The topological polar surface area (TPSA) is 29.5 Å². The van der Waals surface area contributed by atoms with Gasteiger partial charge in [0.2, 0.25) is 0 Å². The summed E-state index contributed by atoms with van der Waals surface area (Å²) in [6.45, 7) is 5.58. The lowest BCUT2D eigenvalue weighted by Gasteiger charge is -2.38. The molecule has 0 saturated carbocycles. The Labute approximate surface area is 172 Å². The minimum atomic E-state index is -0.594. The predicted octanol–water partition coefficient (Wildman–Crippen LogP) is 7.18. The number of fused-ring (bicyclic) bond motifs is 1. The van der Waals surface area contributed by atoms with Gasteiger partial charge in [-0.1, -0.05) is 41.4 Å². The molecular formula is C20H20BrCl2NO2. The quantitative estimate of drug-likeness (QED) is 0.454. The van der Waals surface area contributed by atoms with E-state index in [0.717, 1.165) is 34.1 Å². The highest BCUT2D eigenvalue weighted by atomic mass is 79.9. The molecule has 0 aliphatic carbocycles. The molecule has 3 rings (SSSR count). The van der Waals surface area contributed by atoms with Crippen LogP contribution in [0.3, 0.4) is 0 Å². The van der Waals surface area contributed by atoms with Crippen LogP contribution in [0.1, 0.15) is 44.4 Å². The molecule has 1 atom stereocenters. The van der Waals surface area contributed by atoms with Crippen molar-refractivity contribution in [3.63, 3.8) is 0 Å². The minimum absolute atomic E-state index is 0.195. The molecule has 0 bridgehead atoms. The Morgan fingerprint density at radius 1 is 1.19 bits per heavy atom. The molecule has 1 amide bonds. The maximum absolute atomic E-state index is 13.1. The Hall–Kier alpha value is -1.23. The van der Waals surface area contributed by atoms with Crippen molar-refractivity contribution in [1.82, 2.24) is 0 Å². The van der Waals surface area contributed by atoms with Gasteiger partial charge in [-0.05, 0) is 78.9 Å². The van der Waals surface area contributed by atoms with Gasteiger partial charge in [0.05, 0.1) is 16.8 Å². The van der Waals surface area contributed by atoms with Crippen LogP contribution < -0.4 is 4.90 Å². The van der Waals surface area contributed by atoms with Gasteiger partial charge in [0.15, 0.2) is 0 Å². The first-order chi connectivity index (χ1) is 12.2. The predicted molar refractivity (Wildman–Crippen MR) is 110 cm³/mol. The summed E-state index contributed by atoms with van der Waals surface area (Å²) in [5, 5.41) is 1.27. The zero-order chi connectivity index (χ0) is 19.1. The molecular weight excluding hydrogens is 437 g/mol. The van der Waals surface area contributed by atoms with Crippen LogP contribution in [0.25, 0.3) is 0 Å². The Balaban J connectivity index is 2.11. The Bertz CT molecular complexity index is 848.